The minimum Gasteiger partial charge on any atom is -0.491 e. The summed E-state index contributed by atoms with van der Waals surface area (Å²) in [7, 11) is -5.93. The summed E-state index contributed by atoms with van der Waals surface area (Å²) in [6.07, 6.45) is 1.04. The number of nitrogens with zero attached hydrogens (tertiary/aromatic N) is 2. The number of hydrogen-bond donors (Lipinski definition) is 3. The molecular weight excluding hydrogens is 524 g/mol. The molecule has 0 radical (unpaired) electrons. The van der Waals surface area contributed by atoms with Gasteiger partial charge < -0.3 is 24.4 Å². The quantitative estimate of drug-likeness (QED) is 0.375. The lowest BCUT2D eigenvalue weighted by Gasteiger charge is -2.37. The van der Waals surface area contributed by atoms with Crippen LogP contribution in [0.25, 0.3) is 0 Å². The van der Waals surface area contributed by atoms with Gasteiger partial charge in [-0.3, -0.25) is 0 Å². The van der Waals surface area contributed by atoms with E-state index in [1.165, 1.54) is 23.5 Å². The molecule has 0 saturated carbocycles. The summed E-state index contributed by atoms with van der Waals surface area (Å²) >= 11 is 0. The van der Waals surface area contributed by atoms with Crippen molar-refractivity contribution in [3.8, 4) is 5.75 Å². The number of rotatable bonds is 10. The molecular formula is C23H34N4O8S2. The van der Waals surface area contributed by atoms with E-state index in [0.29, 0.717) is 50.4 Å². The zero-order valence-corrected chi connectivity index (χ0v) is 22.8. The van der Waals surface area contributed by atoms with Crippen molar-refractivity contribution < 1.29 is 35.9 Å². The van der Waals surface area contributed by atoms with E-state index in [2.05, 4.69) is 15.2 Å². The van der Waals surface area contributed by atoms with Crippen LogP contribution in [0.15, 0.2) is 38.6 Å². The first-order chi connectivity index (χ1) is 17.5. The van der Waals surface area contributed by atoms with Crippen molar-refractivity contribution in [2.45, 2.75) is 60.6 Å². The van der Waals surface area contributed by atoms with E-state index in [-0.39, 0.29) is 34.7 Å². The fourth-order valence-electron chi connectivity index (χ4n) is 4.83. The molecule has 206 valence electrons. The molecule has 2 fully saturated rings. The smallest absolute Gasteiger partial charge is 0.248 e. The van der Waals surface area contributed by atoms with Crippen LogP contribution in [0.3, 0.4) is 0 Å². The van der Waals surface area contributed by atoms with Crippen LogP contribution < -0.4 is 14.8 Å². The Morgan fingerprint density at radius 3 is 2.62 bits per heavy atom. The van der Waals surface area contributed by atoms with Crippen LogP contribution in [0, 0.1) is 13.8 Å². The summed E-state index contributed by atoms with van der Waals surface area (Å²) in [6.45, 7) is 4.63. The predicted molar refractivity (Wildman–Crippen MR) is 133 cm³/mol. The van der Waals surface area contributed by atoms with E-state index in [9.17, 15) is 21.9 Å². The zero-order valence-electron chi connectivity index (χ0n) is 21.1. The van der Waals surface area contributed by atoms with Crippen molar-refractivity contribution in [1.29, 1.82) is 0 Å². The lowest BCUT2D eigenvalue weighted by molar-refractivity contribution is -0.0312. The second kappa shape index (κ2) is 11.0. The number of aliphatic hydroxyl groups is 1. The van der Waals surface area contributed by atoms with Gasteiger partial charge in [0.05, 0.1) is 17.1 Å². The molecule has 2 aliphatic rings. The summed E-state index contributed by atoms with van der Waals surface area (Å²) in [5.41, 5.74) is -0.0410. The molecule has 2 aliphatic heterocycles. The van der Waals surface area contributed by atoms with E-state index in [0.717, 1.165) is 0 Å². The first kappa shape index (κ1) is 28.0. The number of piperidine rings is 1. The van der Waals surface area contributed by atoms with Gasteiger partial charge in [0.25, 0.3) is 0 Å². The molecule has 0 bridgehead atoms. The Morgan fingerprint density at radius 1 is 1.24 bits per heavy atom. The Balaban J connectivity index is 1.23. The Morgan fingerprint density at radius 2 is 1.97 bits per heavy atom. The zero-order chi connectivity index (χ0) is 26.8. The number of aliphatic hydroxyl groups excluding tert-OH is 1. The van der Waals surface area contributed by atoms with Crippen molar-refractivity contribution >= 4 is 20.0 Å². The minimum atomic E-state index is -3.68. The summed E-state index contributed by atoms with van der Waals surface area (Å²) in [5, 5.41) is 17.4. The number of ether oxygens (including phenoxy) is 2. The van der Waals surface area contributed by atoms with E-state index in [4.69, 9.17) is 14.0 Å². The lowest BCUT2D eigenvalue weighted by atomic mass is 9.88. The summed E-state index contributed by atoms with van der Waals surface area (Å²) in [4.78, 5) is 0.223. The highest BCUT2D eigenvalue weighted by Gasteiger charge is 2.45. The van der Waals surface area contributed by atoms with Gasteiger partial charge in [0.1, 0.15) is 29.0 Å². The number of aromatic nitrogens is 1. The van der Waals surface area contributed by atoms with Crippen molar-refractivity contribution in [2.24, 2.45) is 0 Å². The monoisotopic (exact) mass is 558 g/mol. The average molecular weight is 559 g/mol. The highest BCUT2D eigenvalue weighted by Crippen LogP contribution is 2.38. The molecule has 37 heavy (non-hydrogen) atoms. The molecule has 2 aromatic rings. The van der Waals surface area contributed by atoms with Crippen LogP contribution >= 0.6 is 0 Å². The van der Waals surface area contributed by atoms with Gasteiger partial charge in [0.2, 0.25) is 20.0 Å². The fourth-order valence-corrected chi connectivity index (χ4v) is 7.33. The predicted octanol–water partition coefficient (Wildman–Crippen LogP) is 0.541. The highest BCUT2D eigenvalue weighted by molar-refractivity contribution is 7.89. The van der Waals surface area contributed by atoms with Gasteiger partial charge in [-0.15, -0.1) is 0 Å². The summed E-state index contributed by atoms with van der Waals surface area (Å²) in [6, 6.07) is 6.08. The summed E-state index contributed by atoms with van der Waals surface area (Å²) in [5.74, 6) is 0.634. The van der Waals surface area contributed by atoms with Crippen molar-refractivity contribution in [2.75, 3.05) is 39.9 Å². The number of benzene rings is 1. The van der Waals surface area contributed by atoms with E-state index >= 15 is 0 Å². The molecule has 0 amide bonds. The summed E-state index contributed by atoms with van der Waals surface area (Å²) < 4.78 is 70.5. The molecule has 1 unspecified atom stereocenters. The molecule has 0 aliphatic carbocycles. The number of sulfonamides is 2. The normalized spacial score (nSPS) is 21.4. The minimum absolute atomic E-state index is 0.0106. The SMILES string of the molecule is CNS(=O)(=O)c1cccc(OC[C@@H](O)CNC2COC3(CCN(S(=O)(=O)c4c(C)noc4C)CC3)C2)c1. The van der Waals surface area contributed by atoms with Crippen LogP contribution in [0.1, 0.15) is 30.7 Å². The first-order valence-corrected chi connectivity index (χ1v) is 15.0. The molecule has 1 spiro atoms. The third-order valence-corrected chi connectivity index (χ3v) is 10.4. The maximum atomic E-state index is 13.1. The molecule has 3 heterocycles. The van der Waals surface area contributed by atoms with Gasteiger partial charge in [-0.05, 0) is 52.3 Å². The van der Waals surface area contributed by atoms with Crippen LogP contribution in [0.4, 0.5) is 0 Å². The number of nitrogens with one attached hydrogen (secondary N) is 2. The fraction of sp³-hybridized carbons (Fsp3) is 0.609. The molecule has 1 aromatic heterocycles. The van der Waals surface area contributed by atoms with Crippen molar-refractivity contribution in [1.82, 2.24) is 19.5 Å². The van der Waals surface area contributed by atoms with Gasteiger partial charge in [-0.1, -0.05) is 11.2 Å². The van der Waals surface area contributed by atoms with Crippen LogP contribution in [-0.4, -0.2) is 89.0 Å². The van der Waals surface area contributed by atoms with Gasteiger partial charge in [0, 0.05) is 31.7 Å². The van der Waals surface area contributed by atoms with Crippen molar-refractivity contribution in [3.05, 3.63) is 35.7 Å². The Hall–Kier alpha value is -2.07. The maximum absolute atomic E-state index is 13.1. The second-order valence-electron chi connectivity index (χ2n) is 9.51. The Labute approximate surface area is 217 Å². The number of hydrogen-bond acceptors (Lipinski definition) is 10. The molecule has 3 N–H and O–H groups in total. The third kappa shape index (κ3) is 6.16. The standard InChI is InChI=1S/C23H34N4O8S2/c1-16-22(17(2)35-26-16)37(31,32)27-9-7-23(8-10-27)12-18(14-34-23)25-13-19(28)15-33-20-5-4-6-21(11-20)36(29,30)24-3/h4-6,11,18-19,24-25,28H,7-10,12-15H2,1-3H3/t18?,19-/m0/s1. The van der Waals surface area contributed by atoms with Crippen LogP contribution in [-0.2, 0) is 24.8 Å². The Bertz CT molecular complexity index is 1280. The van der Waals surface area contributed by atoms with Crippen LogP contribution in [0.2, 0.25) is 0 Å². The largest absolute Gasteiger partial charge is 0.491 e. The molecule has 2 atom stereocenters. The van der Waals surface area contributed by atoms with Gasteiger partial charge in [-0.2, -0.15) is 4.31 Å². The maximum Gasteiger partial charge on any atom is 0.248 e. The molecule has 4 rings (SSSR count). The van der Waals surface area contributed by atoms with E-state index in [1.807, 2.05) is 0 Å². The second-order valence-corrected chi connectivity index (χ2v) is 13.3. The van der Waals surface area contributed by atoms with Gasteiger partial charge in [-0.25, -0.2) is 21.6 Å². The topological polar surface area (TPSA) is 160 Å². The Kier molecular flexibility index (Phi) is 8.28. The molecule has 1 aromatic carbocycles. The number of aryl methyl sites for hydroxylation is 2. The third-order valence-electron chi connectivity index (χ3n) is 6.88. The van der Waals surface area contributed by atoms with Gasteiger partial charge >= 0.3 is 0 Å². The van der Waals surface area contributed by atoms with Gasteiger partial charge in [0.15, 0.2) is 5.76 Å². The molecule has 14 heteroatoms. The molecule has 2 saturated heterocycles. The average Bonchev–Trinajstić information content (AvgIpc) is 3.44. The molecule has 12 nitrogen and oxygen atoms in total. The van der Waals surface area contributed by atoms with Crippen LogP contribution in [0.5, 0.6) is 5.75 Å². The van der Waals surface area contributed by atoms with E-state index < -0.39 is 31.8 Å². The lowest BCUT2D eigenvalue weighted by Crippen LogP contribution is -2.47. The van der Waals surface area contributed by atoms with Crippen molar-refractivity contribution in [3.63, 3.8) is 0 Å². The van der Waals surface area contributed by atoms with E-state index in [1.54, 1.807) is 26.0 Å². The first-order valence-electron chi connectivity index (χ1n) is 12.1. The highest BCUT2D eigenvalue weighted by atomic mass is 32.2.